The Morgan fingerprint density at radius 2 is 1.79 bits per heavy atom. The van der Waals surface area contributed by atoms with Gasteiger partial charge in [0.1, 0.15) is 6.04 Å². The van der Waals surface area contributed by atoms with Crippen molar-refractivity contribution in [1.82, 2.24) is 5.32 Å². The molecule has 0 spiro atoms. The molecule has 5 heteroatoms. The minimum Gasteiger partial charge on any atom is -0.481 e. The Bertz CT molecular complexity index is 419. The molecule has 5 nitrogen and oxygen atoms in total. The van der Waals surface area contributed by atoms with Gasteiger partial charge >= 0.3 is 11.9 Å². The molecule has 0 amide bonds. The van der Waals surface area contributed by atoms with E-state index in [1.54, 1.807) is 24.3 Å². The van der Waals surface area contributed by atoms with E-state index in [4.69, 9.17) is 5.11 Å². The fourth-order valence-electron chi connectivity index (χ4n) is 1.89. The van der Waals surface area contributed by atoms with Gasteiger partial charge in [0.15, 0.2) is 0 Å². The molecule has 0 aliphatic carbocycles. The summed E-state index contributed by atoms with van der Waals surface area (Å²) < 4.78 is 0. The van der Waals surface area contributed by atoms with Crippen molar-refractivity contribution >= 4 is 11.9 Å². The molecule has 0 bridgehead atoms. The average molecular weight is 265 g/mol. The maximum Gasteiger partial charge on any atom is 0.320 e. The number of aliphatic carboxylic acids is 2. The molecule has 0 fully saturated rings. The Labute approximate surface area is 112 Å². The number of hydrogen-bond acceptors (Lipinski definition) is 3. The summed E-state index contributed by atoms with van der Waals surface area (Å²) in [7, 11) is 0. The van der Waals surface area contributed by atoms with E-state index in [0.29, 0.717) is 12.0 Å². The molecule has 0 heterocycles. The highest BCUT2D eigenvalue weighted by Crippen LogP contribution is 2.15. The van der Waals surface area contributed by atoms with Gasteiger partial charge in [-0.05, 0) is 12.0 Å². The van der Waals surface area contributed by atoms with E-state index in [0.717, 1.165) is 6.42 Å². The van der Waals surface area contributed by atoms with Crippen LogP contribution in [-0.2, 0) is 9.59 Å². The number of nitrogens with one attached hydrogen (secondary N) is 1. The lowest BCUT2D eigenvalue weighted by molar-refractivity contribution is -0.141. The minimum atomic E-state index is -0.959. The van der Waals surface area contributed by atoms with Crippen LogP contribution in [0.5, 0.6) is 0 Å². The highest BCUT2D eigenvalue weighted by Gasteiger charge is 2.23. The van der Waals surface area contributed by atoms with Gasteiger partial charge in [-0.15, -0.1) is 0 Å². The van der Waals surface area contributed by atoms with Crippen LogP contribution in [0.2, 0.25) is 0 Å². The van der Waals surface area contributed by atoms with Crippen LogP contribution in [0.25, 0.3) is 0 Å². The average Bonchev–Trinajstić information content (AvgIpc) is 2.38. The van der Waals surface area contributed by atoms with Crippen LogP contribution in [0.3, 0.4) is 0 Å². The van der Waals surface area contributed by atoms with Gasteiger partial charge in [-0.2, -0.15) is 0 Å². The molecule has 2 unspecified atom stereocenters. The van der Waals surface area contributed by atoms with E-state index in [2.05, 4.69) is 5.32 Å². The molecule has 1 aromatic rings. The second kappa shape index (κ2) is 7.53. The Morgan fingerprint density at radius 3 is 2.26 bits per heavy atom. The lowest BCUT2D eigenvalue weighted by Crippen LogP contribution is -2.40. The van der Waals surface area contributed by atoms with Crippen LogP contribution in [-0.4, -0.2) is 34.7 Å². The SMILES string of the molecule is CCCC(NCC(C(=O)O)c1ccccc1)C(=O)O. The maximum atomic E-state index is 11.3. The van der Waals surface area contributed by atoms with E-state index < -0.39 is 23.9 Å². The van der Waals surface area contributed by atoms with Crippen molar-refractivity contribution in [2.75, 3.05) is 6.54 Å². The molecule has 1 aromatic carbocycles. The van der Waals surface area contributed by atoms with Gasteiger partial charge in [0.25, 0.3) is 0 Å². The first-order valence-corrected chi connectivity index (χ1v) is 6.30. The molecule has 0 aromatic heterocycles. The number of carboxylic acids is 2. The van der Waals surface area contributed by atoms with E-state index in [9.17, 15) is 14.7 Å². The van der Waals surface area contributed by atoms with Gasteiger partial charge in [0.2, 0.25) is 0 Å². The Balaban J connectivity index is 2.70. The third kappa shape index (κ3) is 4.71. The first-order chi connectivity index (χ1) is 9.06. The second-order valence-electron chi connectivity index (χ2n) is 4.39. The second-order valence-corrected chi connectivity index (χ2v) is 4.39. The van der Waals surface area contributed by atoms with Crippen molar-refractivity contribution < 1.29 is 19.8 Å². The molecule has 19 heavy (non-hydrogen) atoms. The largest absolute Gasteiger partial charge is 0.481 e. The molecule has 104 valence electrons. The zero-order chi connectivity index (χ0) is 14.3. The van der Waals surface area contributed by atoms with Crippen molar-refractivity contribution in [3.05, 3.63) is 35.9 Å². The molecule has 0 aliphatic rings. The fourth-order valence-corrected chi connectivity index (χ4v) is 1.89. The van der Waals surface area contributed by atoms with Crippen molar-refractivity contribution in [2.45, 2.75) is 31.7 Å². The van der Waals surface area contributed by atoms with E-state index >= 15 is 0 Å². The summed E-state index contributed by atoms with van der Waals surface area (Å²) in [6.45, 7) is 2.00. The molecular formula is C14H19NO4. The van der Waals surface area contributed by atoms with Gasteiger partial charge in [0, 0.05) is 6.54 Å². The Kier molecular flexibility index (Phi) is 6.02. The highest BCUT2D eigenvalue weighted by molar-refractivity contribution is 5.77. The van der Waals surface area contributed by atoms with E-state index in [1.165, 1.54) is 0 Å². The lowest BCUT2D eigenvalue weighted by Gasteiger charge is -2.18. The smallest absolute Gasteiger partial charge is 0.320 e. The molecule has 0 radical (unpaired) electrons. The zero-order valence-electron chi connectivity index (χ0n) is 10.9. The summed E-state index contributed by atoms with van der Waals surface area (Å²) >= 11 is 0. The number of rotatable bonds is 8. The van der Waals surface area contributed by atoms with Gasteiger partial charge in [-0.1, -0.05) is 43.7 Å². The maximum absolute atomic E-state index is 11.3. The number of carboxylic acid groups (broad SMARTS) is 2. The lowest BCUT2D eigenvalue weighted by atomic mass is 9.98. The molecule has 0 saturated carbocycles. The molecule has 1 rings (SSSR count). The Morgan fingerprint density at radius 1 is 1.16 bits per heavy atom. The minimum absolute atomic E-state index is 0.107. The summed E-state index contributed by atoms with van der Waals surface area (Å²) in [5.41, 5.74) is 0.670. The number of carbonyl (C=O) groups is 2. The number of benzene rings is 1. The van der Waals surface area contributed by atoms with Crippen LogP contribution in [0.4, 0.5) is 0 Å². The van der Waals surface area contributed by atoms with Crippen LogP contribution in [0, 0.1) is 0 Å². The summed E-state index contributed by atoms with van der Waals surface area (Å²) in [6, 6.07) is 8.12. The number of hydrogen-bond donors (Lipinski definition) is 3. The summed E-state index contributed by atoms with van der Waals surface area (Å²) in [5, 5.41) is 21.1. The highest BCUT2D eigenvalue weighted by atomic mass is 16.4. The zero-order valence-corrected chi connectivity index (χ0v) is 10.9. The van der Waals surface area contributed by atoms with Crippen LogP contribution >= 0.6 is 0 Å². The van der Waals surface area contributed by atoms with Crippen LogP contribution in [0.15, 0.2) is 30.3 Å². The van der Waals surface area contributed by atoms with Crippen molar-refractivity contribution in [2.24, 2.45) is 0 Å². The normalized spacial score (nSPS) is 13.7. The van der Waals surface area contributed by atoms with E-state index in [-0.39, 0.29) is 6.54 Å². The van der Waals surface area contributed by atoms with Crippen LogP contribution in [0.1, 0.15) is 31.2 Å². The van der Waals surface area contributed by atoms with Crippen molar-refractivity contribution in [3.63, 3.8) is 0 Å². The van der Waals surface area contributed by atoms with Gasteiger partial charge in [-0.3, -0.25) is 9.59 Å². The predicted molar refractivity (Wildman–Crippen MR) is 71.2 cm³/mol. The van der Waals surface area contributed by atoms with Crippen molar-refractivity contribution in [3.8, 4) is 0 Å². The summed E-state index contributed by atoms with van der Waals surface area (Å²) in [6.07, 6.45) is 1.21. The summed E-state index contributed by atoms with van der Waals surface area (Å²) in [5.74, 6) is -2.64. The molecule has 0 saturated heterocycles. The third-order valence-corrected chi connectivity index (χ3v) is 2.94. The van der Waals surface area contributed by atoms with Crippen molar-refractivity contribution in [1.29, 1.82) is 0 Å². The molecule has 2 atom stereocenters. The monoisotopic (exact) mass is 265 g/mol. The quantitative estimate of drug-likeness (QED) is 0.666. The first-order valence-electron chi connectivity index (χ1n) is 6.30. The first kappa shape index (κ1) is 15.2. The van der Waals surface area contributed by atoms with Gasteiger partial charge in [0.05, 0.1) is 5.92 Å². The topological polar surface area (TPSA) is 86.6 Å². The fraction of sp³-hybridized carbons (Fsp3) is 0.429. The third-order valence-electron chi connectivity index (χ3n) is 2.94. The van der Waals surface area contributed by atoms with Gasteiger partial charge < -0.3 is 15.5 Å². The molecule has 0 aliphatic heterocycles. The molecule has 3 N–H and O–H groups in total. The van der Waals surface area contributed by atoms with E-state index in [1.807, 2.05) is 13.0 Å². The predicted octanol–water partition coefficient (Wildman–Crippen LogP) is 1.70. The Hall–Kier alpha value is -1.88. The summed E-state index contributed by atoms with van der Waals surface area (Å²) in [4.78, 5) is 22.3. The molecular weight excluding hydrogens is 246 g/mol. The standard InChI is InChI=1S/C14H19NO4/c1-2-6-12(14(18)19)15-9-11(13(16)17)10-7-4-3-5-8-10/h3-5,7-8,11-12,15H,2,6,9H2,1H3,(H,16,17)(H,18,19). The van der Waals surface area contributed by atoms with Crippen LogP contribution < -0.4 is 5.32 Å². The van der Waals surface area contributed by atoms with Gasteiger partial charge in [-0.25, -0.2) is 0 Å².